The molecular formula is C20H20BrClN4O2. The van der Waals surface area contributed by atoms with Gasteiger partial charge in [0.05, 0.1) is 16.9 Å². The van der Waals surface area contributed by atoms with E-state index < -0.39 is 6.04 Å². The lowest BCUT2D eigenvalue weighted by atomic mass is 10.2. The van der Waals surface area contributed by atoms with Gasteiger partial charge in [-0.3, -0.25) is 9.36 Å². The lowest BCUT2D eigenvalue weighted by Crippen LogP contribution is -2.39. The van der Waals surface area contributed by atoms with Gasteiger partial charge in [0.25, 0.3) is 5.56 Å². The number of fused-ring (bicyclic) bond motifs is 1. The number of nitrogens with zero attached hydrogens (tertiary/aromatic N) is 3. The number of amides is 2. The van der Waals surface area contributed by atoms with Crippen LogP contribution in [0.1, 0.15) is 25.7 Å². The van der Waals surface area contributed by atoms with Gasteiger partial charge in [-0.25, -0.2) is 9.78 Å². The zero-order valence-electron chi connectivity index (χ0n) is 15.7. The summed E-state index contributed by atoms with van der Waals surface area (Å²) in [6.07, 6.45) is 0. The molecule has 0 radical (unpaired) electrons. The third-order valence-corrected chi connectivity index (χ3v) is 5.38. The molecule has 0 aliphatic rings. The Morgan fingerprint density at radius 3 is 2.61 bits per heavy atom. The van der Waals surface area contributed by atoms with Gasteiger partial charge in [-0.1, -0.05) is 27.5 Å². The van der Waals surface area contributed by atoms with E-state index in [0.717, 1.165) is 4.47 Å². The average Bonchev–Trinajstić information content (AvgIpc) is 2.66. The molecule has 1 aromatic heterocycles. The zero-order chi connectivity index (χ0) is 20.4. The number of rotatable bonds is 4. The van der Waals surface area contributed by atoms with Crippen molar-refractivity contribution in [3.05, 3.63) is 68.1 Å². The number of benzene rings is 2. The highest BCUT2D eigenvalue weighted by Crippen LogP contribution is 2.22. The summed E-state index contributed by atoms with van der Waals surface area (Å²) in [6.45, 7) is 4.18. The van der Waals surface area contributed by atoms with Gasteiger partial charge >= 0.3 is 6.03 Å². The quantitative estimate of drug-likeness (QED) is 0.594. The first kappa shape index (κ1) is 20.4. The van der Waals surface area contributed by atoms with E-state index in [4.69, 9.17) is 11.6 Å². The van der Waals surface area contributed by atoms with Crippen LogP contribution in [0, 0.1) is 0 Å². The van der Waals surface area contributed by atoms with Crippen LogP contribution in [-0.2, 0) is 7.05 Å². The molecule has 8 heteroatoms. The summed E-state index contributed by atoms with van der Waals surface area (Å²) >= 11 is 9.43. The molecule has 0 fully saturated rings. The third kappa shape index (κ3) is 4.05. The predicted octanol–water partition coefficient (Wildman–Crippen LogP) is 4.96. The molecule has 6 nitrogen and oxygen atoms in total. The van der Waals surface area contributed by atoms with Crippen molar-refractivity contribution in [3.8, 4) is 0 Å². The summed E-state index contributed by atoms with van der Waals surface area (Å²) in [5.41, 5.74) is 1.03. The van der Waals surface area contributed by atoms with Crippen molar-refractivity contribution in [1.29, 1.82) is 0 Å². The Morgan fingerprint density at radius 1 is 1.29 bits per heavy atom. The van der Waals surface area contributed by atoms with Crippen molar-refractivity contribution >= 4 is 50.2 Å². The number of carbonyl (C=O) groups is 1. The van der Waals surface area contributed by atoms with Crippen LogP contribution >= 0.6 is 27.5 Å². The summed E-state index contributed by atoms with van der Waals surface area (Å²) in [7, 11) is 1.66. The SMILES string of the molecule is CCN(C(=O)Nc1ccc(Br)cc1)C(C)c1nc2cc(Cl)ccc2c(=O)n1C. The maximum Gasteiger partial charge on any atom is 0.322 e. The molecule has 0 spiro atoms. The molecule has 3 rings (SSSR count). The maximum atomic E-state index is 12.8. The second-order valence-corrected chi connectivity index (χ2v) is 7.75. The summed E-state index contributed by atoms with van der Waals surface area (Å²) < 4.78 is 2.41. The van der Waals surface area contributed by atoms with Crippen LogP contribution in [0.3, 0.4) is 0 Å². The van der Waals surface area contributed by atoms with Gasteiger partial charge in [-0.15, -0.1) is 0 Å². The number of nitrogens with one attached hydrogen (secondary N) is 1. The van der Waals surface area contributed by atoms with E-state index in [1.165, 1.54) is 4.57 Å². The standard InChI is InChI=1S/C20H20BrClN4O2/c1-4-26(20(28)23-15-8-5-13(21)6-9-15)12(2)18-24-17-11-14(22)7-10-16(17)19(27)25(18)3/h5-12H,4H2,1-3H3,(H,23,28). The minimum atomic E-state index is -0.415. The van der Waals surface area contributed by atoms with Crippen LogP contribution in [0.5, 0.6) is 0 Å². The van der Waals surface area contributed by atoms with Crippen LogP contribution in [-0.4, -0.2) is 27.0 Å². The van der Waals surface area contributed by atoms with Gasteiger partial charge in [0.2, 0.25) is 0 Å². The summed E-state index contributed by atoms with van der Waals surface area (Å²) in [5, 5.41) is 3.88. The van der Waals surface area contributed by atoms with Gasteiger partial charge in [-0.05, 0) is 56.3 Å². The van der Waals surface area contributed by atoms with Crippen molar-refractivity contribution in [2.45, 2.75) is 19.9 Å². The summed E-state index contributed by atoms with van der Waals surface area (Å²) in [5.74, 6) is 0.493. The highest BCUT2D eigenvalue weighted by molar-refractivity contribution is 9.10. The molecule has 0 saturated carbocycles. The predicted molar refractivity (Wildman–Crippen MR) is 116 cm³/mol. The topological polar surface area (TPSA) is 67.2 Å². The fourth-order valence-corrected chi connectivity index (χ4v) is 3.53. The first-order valence-corrected chi connectivity index (χ1v) is 9.98. The van der Waals surface area contributed by atoms with Gasteiger partial charge in [0.1, 0.15) is 5.82 Å². The number of hydrogen-bond donors (Lipinski definition) is 1. The fourth-order valence-electron chi connectivity index (χ4n) is 3.10. The minimum absolute atomic E-state index is 0.173. The zero-order valence-corrected chi connectivity index (χ0v) is 18.1. The van der Waals surface area contributed by atoms with E-state index in [9.17, 15) is 9.59 Å². The monoisotopic (exact) mass is 462 g/mol. The lowest BCUT2D eigenvalue weighted by molar-refractivity contribution is 0.193. The number of aromatic nitrogens is 2. The molecule has 0 saturated heterocycles. The first-order valence-electron chi connectivity index (χ1n) is 8.81. The molecule has 2 amide bonds. The van der Waals surface area contributed by atoms with E-state index >= 15 is 0 Å². The molecule has 1 unspecified atom stereocenters. The second kappa shape index (κ2) is 8.32. The molecule has 0 aliphatic carbocycles. The Morgan fingerprint density at radius 2 is 1.96 bits per heavy atom. The molecule has 1 atom stereocenters. The van der Waals surface area contributed by atoms with Crippen molar-refractivity contribution in [1.82, 2.24) is 14.5 Å². The van der Waals surface area contributed by atoms with Crippen LogP contribution in [0.15, 0.2) is 51.7 Å². The van der Waals surface area contributed by atoms with Crippen molar-refractivity contribution in [2.75, 3.05) is 11.9 Å². The molecule has 3 aromatic rings. The van der Waals surface area contributed by atoms with Crippen LogP contribution in [0.4, 0.5) is 10.5 Å². The van der Waals surface area contributed by atoms with Gasteiger partial charge in [-0.2, -0.15) is 0 Å². The van der Waals surface area contributed by atoms with Crippen molar-refractivity contribution < 1.29 is 4.79 Å². The van der Waals surface area contributed by atoms with Gasteiger partial charge < -0.3 is 10.2 Å². The Balaban J connectivity index is 1.95. The highest BCUT2D eigenvalue weighted by Gasteiger charge is 2.24. The smallest absolute Gasteiger partial charge is 0.315 e. The van der Waals surface area contributed by atoms with E-state index in [2.05, 4.69) is 26.2 Å². The van der Waals surface area contributed by atoms with E-state index in [1.807, 2.05) is 38.1 Å². The van der Waals surface area contributed by atoms with Crippen molar-refractivity contribution in [2.24, 2.45) is 7.05 Å². The molecule has 0 bridgehead atoms. The van der Waals surface area contributed by atoms with E-state index in [-0.39, 0.29) is 11.6 Å². The first-order chi connectivity index (χ1) is 13.3. The normalized spacial score (nSPS) is 12.0. The van der Waals surface area contributed by atoms with Crippen molar-refractivity contribution in [3.63, 3.8) is 0 Å². The minimum Gasteiger partial charge on any atom is -0.315 e. The average molecular weight is 464 g/mol. The number of urea groups is 1. The van der Waals surface area contributed by atoms with Crippen LogP contribution in [0.2, 0.25) is 5.02 Å². The number of carbonyl (C=O) groups excluding carboxylic acids is 1. The van der Waals surface area contributed by atoms with Gasteiger partial charge in [0, 0.05) is 28.8 Å². The van der Waals surface area contributed by atoms with E-state index in [1.54, 1.807) is 30.1 Å². The largest absolute Gasteiger partial charge is 0.322 e. The molecule has 2 aromatic carbocycles. The Kier molecular flexibility index (Phi) is 6.05. The number of anilines is 1. The third-order valence-electron chi connectivity index (χ3n) is 4.61. The maximum absolute atomic E-state index is 12.8. The Hall–Kier alpha value is -2.38. The molecular weight excluding hydrogens is 444 g/mol. The van der Waals surface area contributed by atoms with E-state index in [0.29, 0.717) is 34.0 Å². The summed E-state index contributed by atoms with van der Waals surface area (Å²) in [4.78, 5) is 31.8. The molecule has 0 aliphatic heterocycles. The lowest BCUT2D eigenvalue weighted by Gasteiger charge is -2.29. The molecule has 146 valence electrons. The second-order valence-electron chi connectivity index (χ2n) is 6.39. The molecule has 28 heavy (non-hydrogen) atoms. The molecule has 1 N–H and O–H groups in total. The van der Waals surface area contributed by atoms with Crippen LogP contribution < -0.4 is 10.9 Å². The number of halogens is 2. The Bertz CT molecular complexity index is 1080. The Labute approximate surface area is 176 Å². The molecule has 1 heterocycles. The number of hydrogen-bond acceptors (Lipinski definition) is 3. The fraction of sp³-hybridized carbons (Fsp3) is 0.250. The highest BCUT2D eigenvalue weighted by atomic mass is 79.9. The summed E-state index contributed by atoms with van der Waals surface area (Å²) in [6, 6.07) is 11.6. The van der Waals surface area contributed by atoms with Gasteiger partial charge in [0.15, 0.2) is 0 Å². The van der Waals surface area contributed by atoms with Crippen LogP contribution in [0.25, 0.3) is 10.9 Å².